The number of carbonyl (C=O) groups excluding carboxylic acids is 1. The zero-order chi connectivity index (χ0) is 26.0. The lowest BCUT2D eigenvalue weighted by Gasteiger charge is -2.17. The van der Waals surface area contributed by atoms with Crippen molar-refractivity contribution < 1.29 is 18.0 Å². The summed E-state index contributed by atoms with van der Waals surface area (Å²) in [5.74, 6) is -0.621. The average molecular weight is 508 g/mol. The molecule has 1 aliphatic rings. The molecule has 1 saturated heterocycles. The number of aryl methyl sites for hydroxylation is 1. The highest BCUT2D eigenvalue weighted by molar-refractivity contribution is 6.04. The van der Waals surface area contributed by atoms with E-state index in [0.29, 0.717) is 34.7 Å². The Hall–Kier alpha value is -4.12. The minimum Gasteiger partial charge on any atom is -0.322 e. The summed E-state index contributed by atoms with van der Waals surface area (Å²) in [6.45, 7) is 3.93. The monoisotopic (exact) mass is 507 g/mol. The number of benzene rings is 2. The first-order chi connectivity index (χ1) is 17.8. The van der Waals surface area contributed by atoms with Gasteiger partial charge < -0.3 is 5.32 Å². The number of alkyl halides is 3. The number of hydrogen-bond acceptors (Lipinski definition) is 6. The first-order valence-corrected chi connectivity index (χ1v) is 11.8. The number of amides is 1. The SMILES string of the molecule is Cc1ccc(NC(=O)c2cc(CN3CCCC3)cc(C(F)(F)F)c2)cc1-n1cc(-c2cncnc2)nn1. The van der Waals surface area contributed by atoms with Crippen LogP contribution >= 0.6 is 0 Å². The highest BCUT2D eigenvalue weighted by atomic mass is 19.4. The Balaban J connectivity index is 1.40. The van der Waals surface area contributed by atoms with Crippen molar-refractivity contribution in [3.8, 4) is 16.9 Å². The molecule has 0 saturated carbocycles. The van der Waals surface area contributed by atoms with Crippen LogP contribution in [0, 0.1) is 6.92 Å². The Labute approximate surface area is 211 Å². The quantitative estimate of drug-likeness (QED) is 0.399. The maximum atomic E-state index is 13.6. The zero-order valence-corrected chi connectivity index (χ0v) is 20.0. The van der Waals surface area contributed by atoms with Crippen molar-refractivity contribution in [1.82, 2.24) is 29.9 Å². The molecule has 0 bridgehead atoms. The van der Waals surface area contributed by atoms with E-state index in [0.717, 1.165) is 43.6 Å². The number of aromatic nitrogens is 5. The van der Waals surface area contributed by atoms with Crippen molar-refractivity contribution in [3.05, 3.63) is 83.6 Å². The number of hydrogen-bond donors (Lipinski definition) is 1. The van der Waals surface area contributed by atoms with Gasteiger partial charge in [0.25, 0.3) is 5.91 Å². The van der Waals surface area contributed by atoms with Crippen LogP contribution in [-0.4, -0.2) is 48.9 Å². The first-order valence-electron chi connectivity index (χ1n) is 11.8. The Kier molecular flexibility index (Phi) is 6.70. The highest BCUT2D eigenvalue weighted by Gasteiger charge is 2.32. The summed E-state index contributed by atoms with van der Waals surface area (Å²) in [5.41, 5.74) is 2.81. The molecule has 1 amide bonds. The summed E-state index contributed by atoms with van der Waals surface area (Å²) in [6, 6.07) is 8.74. The van der Waals surface area contributed by atoms with Crippen LogP contribution < -0.4 is 5.32 Å². The van der Waals surface area contributed by atoms with Gasteiger partial charge in [0.15, 0.2) is 0 Å². The van der Waals surface area contributed by atoms with E-state index in [4.69, 9.17) is 0 Å². The molecule has 3 heterocycles. The van der Waals surface area contributed by atoms with E-state index in [9.17, 15) is 18.0 Å². The zero-order valence-electron chi connectivity index (χ0n) is 20.0. The van der Waals surface area contributed by atoms with Crippen LogP contribution in [0.5, 0.6) is 0 Å². The molecular weight excluding hydrogens is 483 g/mol. The lowest BCUT2D eigenvalue weighted by molar-refractivity contribution is -0.137. The second-order valence-electron chi connectivity index (χ2n) is 9.03. The van der Waals surface area contributed by atoms with Gasteiger partial charge in [-0.1, -0.05) is 11.3 Å². The number of anilines is 1. The summed E-state index contributed by atoms with van der Waals surface area (Å²) in [5, 5.41) is 11.1. The van der Waals surface area contributed by atoms with Crippen molar-refractivity contribution in [1.29, 1.82) is 0 Å². The van der Waals surface area contributed by atoms with Crippen LogP contribution in [0.2, 0.25) is 0 Å². The van der Waals surface area contributed by atoms with Gasteiger partial charge in [0.1, 0.15) is 12.0 Å². The van der Waals surface area contributed by atoms with Crippen LogP contribution in [0.4, 0.5) is 18.9 Å². The Morgan fingerprint density at radius 3 is 2.54 bits per heavy atom. The summed E-state index contributed by atoms with van der Waals surface area (Å²) < 4.78 is 42.3. The molecule has 8 nitrogen and oxygen atoms in total. The molecule has 2 aromatic carbocycles. The molecule has 11 heteroatoms. The summed E-state index contributed by atoms with van der Waals surface area (Å²) in [6.07, 6.45) is 3.87. The van der Waals surface area contributed by atoms with Crippen LogP contribution in [-0.2, 0) is 12.7 Å². The maximum absolute atomic E-state index is 13.6. The van der Waals surface area contributed by atoms with Crippen LogP contribution in [0.15, 0.2) is 61.3 Å². The number of rotatable bonds is 6. The molecule has 0 unspecified atom stereocenters. The van der Waals surface area contributed by atoms with E-state index in [1.54, 1.807) is 41.5 Å². The van der Waals surface area contributed by atoms with Gasteiger partial charge >= 0.3 is 6.18 Å². The van der Waals surface area contributed by atoms with Crippen LogP contribution in [0.25, 0.3) is 16.9 Å². The second kappa shape index (κ2) is 10.1. The van der Waals surface area contributed by atoms with Gasteiger partial charge in [-0.05, 0) is 74.3 Å². The molecule has 190 valence electrons. The number of nitrogens with zero attached hydrogens (tertiary/aromatic N) is 6. The van der Waals surface area contributed by atoms with Gasteiger partial charge in [0.2, 0.25) is 0 Å². The van der Waals surface area contributed by atoms with Crippen molar-refractivity contribution in [3.63, 3.8) is 0 Å². The van der Waals surface area contributed by atoms with Crippen molar-refractivity contribution in [2.75, 3.05) is 18.4 Å². The fourth-order valence-corrected chi connectivity index (χ4v) is 4.36. The Morgan fingerprint density at radius 2 is 1.81 bits per heavy atom. The van der Waals surface area contributed by atoms with Gasteiger partial charge in [0.05, 0.1) is 17.4 Å². The van der Waals surface area contributed by atoms with E-state index in [1.807, 2.05) is 6.92 Å². The molecule has 1 aliphatic heterocycles. The summed E-state index contributed by atoms with van der Waals surface area (Å²) in [4.78, 5) is 23.1. The lowest BCUT2D eigenvalue weighted by atomic mass is 10.0. The first kappa shape index (κ1) is 24.6. The molecule has 0 aliphatic carbocycles. The standard InChI is InChI=1S/C26H24F3N7O/c1-17-4-5-22(11-24(17)36-15-23(33-34-36)20-12-30-16-31-13-20)32-25(37)19-8-18(14-35-6-2-3-7-35)9-21(10-19)26(27,28)29/h4-5,8-13,15-16H,2-3,6-7,14H2,1H3,(H,32,37). The van der Waals surface area contributed by atoms with Crippen LogP contribution in [0.3, 0.4) is 0 Å². The molecule has 4 aromatic rings. The predicted molar refractivity (Wildman–Crippen MR) is 131 cm³/mol. The fraction of sp³-hybridized carbons (Fsp3) is 0.269. The third kappa shape index (κ3) is 5.67. The molecule has 5 rings (SSSR count). The van der Waals surface area contributed by atoms with E-state index in [-0.39, 0.29) is 5.56 Å². The lowest BCUT2D eigenvalue weighted by Crippen LogP contribution is -2.20. The number of halogens is 3. The van der Waals surface area contributed by atoms with Crippen molar-refractivity contribution in [2.45, 2.75) is 32.5 Å². The van der Waals surface area contributed by atoms with Gasteiger partial charge in [-0.2, -0.15) is 13.2 Å². The third-order valence-corrected chi connectivity index (χ3v) is 6.25. The topological polar surface area (TPSA) is 88.8 Å². The number of carbonyl (C=O) groups is 1. The van der Waals surface area contributed by atoms with E-state index in [2.05, 4.69) is 30.5 Å². The molecule has 0 atom stereocenters. The van der Waals surface area contributed by atoms with Gasteiger partial charge in [0, 0.05) is 35.8 Å². The van der Waals surface area contributed by atoms with E-state index < -0.39 is 17.6 Å². The van der Waals surface area contributed by atoms with Crippen LogP contribution in [0.1, 0.15) is 39.9 Å². The molecular formula is C26H24F3N7O. The second-order valence-corrected chi connectivity index (χ2v) is 9.03. The molecule has 1 N–H and O–H groups in total. The molecule has 0 spiro atoms. The fourth-order valence-electron chi connectivity index (χ4n) is 4.36. The van der Waals surface area contributed by atoms with Gasteiger partial charge in [-0.15, -0.1) is 5.10 Å². The Morgan fingerprint density at radius 1 is 1.05 bits per heavy atom. The molecule has 37 heavy (non-hydrogen) atoms. The maximum Gasteiger partial charge on any atom is 0.416 e. The predicted octanol–water partition coefficient (Wildman–Crippen LogP) is 4.90. The van der Waals surface area contributed by atoms with Gasteiger partial charge in [-0.3, -0.25) is 9.69 Å². The minimum atomic E-state index is -4.55. The highest BCUT2D eigenvalue weighted by Crippen LogP contribution is 2.32. The van der Waals surface area contributed by atoms with E-state index >= 15 is 0 Å². The smallest absolute Gasteiger partial charge is 0.322 e. The van der Waals surface area contributed by atoms with Crippen molar-refractivity contribution in [2.24, 2.45) is 0 Å². The Bertz CT molecular complexity index is 1410. The molecule has 2 aromatic heterocycles. The largest absolute Gasteiger partial charge is 0.416 e. The van der Waals surface area contributed by atoms with Gasteiger partial charge in [-0.25, -0.2) is 14.6 Å². The summed E-state index contributed by atoms with van der Waals surface area (Å²) in [7, 11) is 0. The summed E-state index contributed by atoms with van der Waals surface area (Å²) >= 11 is 0. The van der Waals surface area contributed by atoms with Crippen molar-refractivity contribution >= 4 is 11.6 Å². The average Bonchev–Trinajstić information content (AvgIpc) is 3.58. The normalized spacial score (nSPS) is 14.2. The number of nitrogens with one attached hydrogen (secondary N) is 1. The molecule has 1 fully saturated rings. The third-order valence-electron chi connectivity index (χ3n) is 6.25. The van der Waals surface area contributed by atoms with E-state index in [1.165, 1.54) is 12.4 Å². The minimum absolute atomic E-state index is 0.0433. The number of likely N-dealkylation sites (tertiary alicyclic amines) is 1. The molecule has 0 radical (unpaired) electrons.